The molecule has 7 aromatic rings. The maximum absolute atomic E-state index is 7.04. The van der Waals surface area contributed by atoms with Crippen LogP contribution in [-0.4, -0.2) is 13.6 Å². The maximum atomic E-state index is 7.04. The highest BCUT2D eigenvalue weighted by Gasteiger charge is 2.53. The molecular weight excluding hydrogens is 558 g/mol. The van der Waals surface area contributed by atoms with Gasteiger partial charge in [0.05, 0.1) is 11.3 Å². The number of hydrogen-bond donors (Lipinski definition) is 0. The third kappa shape index (κ3) is 2.92. The quantitative estimate of drug-likeness (QED) is 0.202. The molecule has 0 N–H and O–H groups in total. The van der Waals surface area contributed by atoms with Crippen molar-refractivity contribution in [3.63, 3.8) is 0 Å². The largest absolute Gasteiger partial charge is 0.468 e. The molecule has 5 heteroatoms. The van der Waals surface area contributed by atoms with E-state index in [9.17, 15) is 0 Å². The highest BCUT2D eigenvalue weighted by Crippen LogP contribution is 2.52. The minimum atomic E-state index is -0.0350. The molecule has 0 atom stereocenters. The summed E-state index contributed by atoms with van der Waals surface area (Å²) in [4.78, 5) is 5.15. The van der Waals surface area contributed by atoms with E-state index in [1.165, 1.54) is 66.7 Å². The second-order valence-corrected chi connectivity index (χ2v) is 13.4. The fourth-order valence-electron chi connectivity index (χ4n) is 8.91. The Morgan fingerprint density at radius 2 is 1.28 bits per heavy atom. The lowest BCUT2D eigenvalue weighted by Gasteiger charge is -2.51. The Labute approximate surface area is 268 Å². The molecule has 0 fully saturated rings. The highest BCUT2D eigenvalue weighted by atomic mass is 16.3. The van der Waals surface area contributed by atoms with Crippen molar-refractivity contribution in [2.24, 2.45) is 0 Å². The molecule has 46 heavy (non-hydrogen) atoms. The fraction of sp³-hybridized carbons (Fsp3) is 0.0732. The van der Waals surface area contributed by atoms with E-state index in [0.717, 1.165) is 28.0 Å². The van der Waals surface area contributed by atoms with Crippen LogP contribution in [-0.2, 0) is 0 Å². The second kappa shape index (κ2) is 8.64. The number of hydrogen-bond acceptors (Lipinski definition) is 3. The van der Waals surface area contributed by atoms with Gasteiger partial charge in [0.1, 0.15) is 5.58 Å². The topological polar surface area (TPSA) is 19.6 Å². The molecule has 0 radical (unpaired) electrons. The van der Waals surface area contributed by atoms with Gasteiger partial charge < -0.3 is 14.1 Å². The number of furan rings is 1. The second-order valence-electron chi connectivity index (χ2n) is 13.4. The van der Waals surface area contributed by atoms with E-state index in [1.807, 2.05) is 0 Å². The van der Waals surface area contributed by atoms with Crippen LogP contribution in [0, 0.1) is 0 Å². The van der Waals surface area contributed by atoms with Gasteiger partial charge in [0.25, 0.3) is 6.71 Å². The van der Waals surface area contributed by atoms with Gasteiger partial charge in [-0.2, -0.15) is 0 Å². The molecule has 0 bridgehead atoms. The van der Waals surface area contributed by atoms with Crippen molar-refractivity contribution in [2.75, 3.05) is 9.71 Å². The Morgan fingerprint density at radius 1 is 0.587 bits per heavy atom. The van der Waals surface area contributed by atoms with Crippen LogP contribution >= 0.6 is 0 Å². The summed E-state index contributed by atoms with van der Waals surface area (Å²) >= 11 is 0. The molecule has 214 valence electrons. The van der Waals surface area contributed by atoms with E-state index < -0.39 is 0 Å². The molecule has 0 aliphatic carbocycles. The summed E-state index contributed by atoms with van der Waals surface area (Å²) in [5.74, 6) is 0.389. The predicted molar refractivity (Wildman–Crippen MR) is 194 cm³/mol. The molecule has 0 spiro atoms. The molecule has 0 saturated carbocycles. The van der Waals surface area contributed by atoms with Crippen molar-refractivity contribution in [3.8, 4) is 22.3 Å². The summed E-state index contributed by atoms with van der Waals surface area (Å²) in [5, 5.41) is 1.15. The molecule has 4 aliphatic heterocycles. The Balaban J connectivity index is 1.36. The molecule has 5 heterocycles. The van der Waals surface area contributed by atoms with Crippen LogP contribution in [0.5, 0.6) is 0 Å². The standard InChI is InChI=1S/C41H28B2N2O/c1-24(2)25-22-31-28-15-7-10-18-33(28)43-32-17-9-6-14-27(32)29-20-21-35-37-39(29)45(43)38(31)34(23-25)42(37)41-40(30-16-8-11-19-36(30)46-41)44(35)26-12-4-3-5-13-26/h3-24H,1-2H3. The van der Waals surface area contributed by atoms with Gasteiger partial charge in [-0.05, 0) is 80.9 Å². The minimum absolute atomic E-state index is 0.0350. The summed E-state index contributed by atoms with van der Waals surface area (Å²) in [7, 11) is 0. The van der Waals surface area contributed by atoms with E-state index in [-0.39, 0.29) is 13.6 Å². The minimum Gasteiger partial charge on any atom is -0.468 e. The Morgan fingerprint density at radius 3 is 2.07 bits per heavy atom. The molecule has 0 unspecified atom stereocenters. The molecule has 0 saturated heterocycles. The number of para-hydroxylation sites is 2. The molecule has 6 aromatic carbocycles. The first kappa shape index (κ1) is 24.9. The first-order chi connectivity index (χ1) is 22.7. The van der Waals surface area contributed by atoms with Crippen LogP contribution in [0.1, 0.15) is 25.3 Å². The average Bonchev–Trinajstić information content (AvgIpc) is 3.49. The fourth-order valence-corrected chi connectivity index (χ4v) is 8.91. The SMILES string of the molecule is CC(C)c1cc2c3c(c1)-c1ccccc1B1c4ccccc4-c4ccc5c(c4N13)B2c1oc2ccccc2c1N5c1ccccc1. The number of benzene rings is 6. The third-order valence-electron chi connectivity index (χ3n) is 10.8. The van der Waals surface area contributed by atoms with Crippen molar-refractivity contribution in [1.29, 1.82) is 0 Å². The van der Waals surface area contributed by atoms with Gasteiger partial charge in [0.15, 0.2) is 0 Å². The summed E-state index contributed by atoms with van der Waals surface area (Å²) in [6.45, 7) is 4.68. The molecule has 1 aromatic heterocycles. The molecule has 3 nitrogen and oxygen atoms in total. The average molecular weight is 586 g/mol. The predicted octanol–water partition coefficient (Wildman–Crippen LogP) is 7.07. The number of nitrogens with zero attached hydrogens (tertiary/aromatic N) is 2. The van der Waals surface area contributed by atoms with Crippen molar-refractivity contribution in [2.45, 2.75) is 19.8 Å². The Hall–Kier alpha value is -5.41. The van der Waals surface area contributed by atoms with Gasteiger partial charge in [-0.3, -0.25) is 0 Å². The van der Waals surface area contributed by atoms with Crippen LogP contribution in [0.3, 0.4) is 0 Å². The first-order valence-corrected chi connectivity index (χ1v) is 16.4. The lowest BCUT2D eigenvalue weighted by molar-refractivity contribution is 0.651. The van der Waals surface area contributed by atoms with Crippen LogP contribution in [0.2, 0.25) is 0 Å². The number of fused-ring (bicyclic) bond motifs is 11. The summed E-state index contributed by atoms with van der Waals surface area (Å²) < 4.78 is 7.04. The van der Waals surface area contributed by atoms with E-state index in [0.29, 0.717) is 5.92 Å². The monoisotopic (exact) mass is 586 g/mol. The van der Waals surface area contributed by atoms with E-state index in [1.54, 1.807) is 0 Å². The van der Waals surface area contributed by atoms with Crippen molar-refractivity contribution >= 4 is 80.5 Å². The molecule has 0 amide bonds. The van der Waals surface area contributed by atoms with Gasteiger partial charge in [-0.1, -0.05) is 105 Å². The lowest BCUT2D eigenvalue weighted by Crippen LogP contribution is -2.69. The van der Waals surface area contributed by atoms with Gasteiger partial charge >= 0.3 is 6.85 Å². The Bertz CT molecular complexity index is 2450. The van der Waals surface area contributed by atoms with E-state index in [2.05, 4.69) is 151 Å². The van der Waals surface area contributed by atoms with Crippen molar-refractivity contribution < 1.29 is 4.42 Å². The maximum Gasteiger partial charge on any atom is 0.329 e. The molecule has 11 rings (SSSR count). The van der Waals surface area contributed by atoms with Crippen LogP contribution in [0.4, 0.5) is 28.4 Å². The van der Waals surface area contributed by atoms with Gasteiger partial charge in [-0.25, -0.2) is 0 Å². The van der Waals surface area contributed by atoms with Gasteiger partial charge in [-0.15, -0.1) is 0 Å². The third-order valence-corrected chi connectivity index (χ3v) is 10.8. The summed E-state index contributed by atoms with van der Waals surface area (Å²) in [6.07, 6.45) is 0. The zero-order chi connectivity index (χ0) is 30.3. The molecule has 4 aliphatic rings. The van der Waals surface area contributed by atoms with Gasteiger partial charge in [0.2, 0.25) is 0 Å². The number of anilines is 5. The van der Waals surface area contributed by atoms with Crippen LogP contribution in [0.25, 0.3) is 33.2 Å². The zero-order valence-corrected chi connectivity index (χ0v) is 25.7. The normalized spacial score (nSPS) is 14.3. The van der Waals surface area contributed by atoms with E-state index in [4.69, 9.17) is 4.42 Å². The highest BCUT2D eigenvalue weighted by molar-refractivity contribution is 7.03. The molecular formula is C41H28B2N2O. The van der Waals surface area contributed by atoms with E-state index >= 15 is 0 Å². The van der Waals surface area contributed by atoms with Crippen molar-refractivity contribution in [1.82, 2.24) is 0 Å². The lowest BCUT2D eigenvalue weighted by atomic mass is 9.32. The summed E-state index contributed by atoms with van der Waals surface area (Å²) in [5.41, 5.74) is 20.2. The smallest absolute Gasteiger partial charge is 0.329 e. The van der Waals surface area contributed by atoms with Crippen LogP contribution in [0.15, 0.2) is 132 Å². The summed E-state index contributed by atoms with van der Waals surface area (Å²) in [6, 6.07) is 47.2. The Kier molecular flexibility index (Phi) is 4.67. The van der Waals surface area contributed by atoms with Crippen LogP contribution < -0.4 is 37.2 Å². The zero-order valence-electron chi connectivity index (χ0n) is 25.7. The van der Waals surface area contributed by atoms with Crippen molar-refractivity contribution in [3.05, 3.63) is 133 Å². The number of rotatable bonds is 2. The van der Waals surface area contributed by atoms with Gasteiger partial charge in [0, 0.05) is 39.3 Å². The first-order valence-electron chi connectivity index (χ1n) is 16.4.